The lowest BCUT2D eigenvalue weighted by Gasteiger charge is -2.32. The zero-order chi connectivity index (χ0) is 26.9. The van der Waals surface area contributed by atoms with Gasteiger partial charge in [0.2, 0.25) is 0 Å². The molecule has 2 fully saturated rings. The van der Waals surface area contributed by atoms with Crippen LogP contribution < -0.4 is 15.5 Å². The summed E-state index contributed by atoms with van der Waals surface area (Å²) in [7, 11) is 2.06. The summed E-state index contributed by atoms with van der Waals surface area (Å²) in [5.74, 6) is 0.670. The minimum atomic E-state index is -0.358. The Morgan fingerprint density at radius 1 is 0.976 bits per heavy atom. The van der Waals surface area contributed by atoms with Crippen LogP contribution in [-0.2, 0) is 0 Å². The minimum Gasteiger partial charge on any atom is -0.492 e. The van der Waals surface area contributed by atoms with E-state index in [0.29, 0.717) is 34.8 Å². The molecule has 0 spiro atoms. The third-order valence-electron chi connectivity index (χ3n) is 7.89. The molecule has 3 aliphatic rings. The molecule has 2 saturated heterocycles. The molecular weight excluding hydrogens is 601 g/mol. The Bertz CT molecular complexity index is 1400. The van der Waals surface area contributed by atoms with Crippen molar-refractivity contribution in [2.75, 3.05) is 64.8 Å². The largest absolute Gasteiger partial charge is 0.492 e. The fourth-order valence-electron chi connectivity index (χ4n) is 5.69. The van der Waals surface area contributed by atoms with Crippen molar-refractivity contribution in [3.05, 3.63) is 53.1 Å². The maximum absolute atomic E-state index is 13.7. The lowest BCUT2D eigenvalue weighted by atomic mass is 10.00. The van der Waals surface area contributed by atoms with E-state index in [1.54, 1.807) is 6.07 Å². The number of aryl methyl sites for hydroxylation is 1. The number of aromatic nitrogens is 2. The number of aromatic amines is 1. The first-order valence-corrected chi connectivity index (χ1v) is 13.7. The number of amides is 2. The van der Waals surface area contributed by atoms with Gasteiger partial charge in [0.15, 0.2) is 5.78 Å². The fraction of sp³-hybridized carbons (Fsp3) is 0.414. The topological polar surface area (TPSA) is 106 Å². The van der Waals surface area contributed by atoms with Crippen molar-refractivity contribution >= 4 is 54.7 Å². The number of hydrogen-bond donors (Lipinski definition) is 3. The number of benzene rings is 2. The van der Waals surface area contributed by atoms with Gasteiger partial charge in [-0.25, -0.2) is 9.80 Å². The third-order valence-corrected chi connectivity index (χ3v) is 7.89. The number of halogens is 3. The molecule has 1 aliphatic carbocycles. The average molecular weight is 639 g/mol. The van der Waals surface area contributed by atoms with Crippen LogP contribution in [0.3, 0.4) is 0 Å². The number of H-pyrrole nitrogens is 1. The van der Waals surface area contributed by atoms with E-state index in [4.69, 9.17) is 4.74 Å². The number of carbonyl (C=O) groups is 2. The summed E-state index contributed by atoms with van der Waals surface area (Å²) < 4.78 is 6.01. The maximum Gasteiger partial charge on any atom is 0.333 e. The van der Waals surface area contributed by atoms with Crippen molar-refractivity contribution in [2.45, 2.75) is 19.8 Å². The summed E-state index contributed by atoms with van der Waals surface area (Å²) in [5, 5.41) is 12.4. The van der Waals surface area contributed by atoms with Gasteiger partial charge in [-0.3, -0.25) is 20.2 Å². The second-order valence-electron chi connectivity index (χ2n) is 10.6. The van der Waals surface area contributed by atoms with E-state index < -0.39 is 0 Å². The Morgan fingerprint density at radius 2 is 1.71 bits per heavy atom. The molecule has 228 valence electrons. The highest BCUT2D eigenvalue weighted by molar-refractivity contribution is 6.27. The van der Waals surface area contributed by atoms with Gasteiger partial charge in [-0.05, 0) is 69.7 Å². The predicted molar refractivity (Wildman–Crippen MR) is 172 cm³/mol. The number of nitrogens with zero attached hydrogens (tertiary/aromatic N) is 4. The average Bonchev–Trinajstić information content (AvgIpc) is 3.65. The van der Waals surface area contributed by atoms with Crippen molar-refractivity contribution in [1.82, 2.24) is 30.4 Å². The summed E-state index contributed by atoms with van der Waals surface area (Å²) in [4.78, 5) is 31.2. The molecular formula is C29H38Cl3N7O3. The Hall–Kier alpha value is -2.86. The van der Waals surface area contributed by atoms with Crippen molar-refractivity contribution < 1.29 is 14.3 Å². The molecule has 2 aromatic carbocycles. The standard InChI is InChI=1S/C29H35N7O3.3ClH/c1-19-18-20(39-17-16-35-10-3-4-11-35)8-9-21(19)26-25-27(32-31-26)22-6-5-7-23(24(22)28(25)37)30-29(38)33-36-14-12-34(2)13-15-36;;;/h5-9,18H,3-4,10-17H2,1-2H3,(H,31,32)(H2,30,33,38);3*1H. The number of likely N-dealkylation sites (tertiary alicyclic amines) is 1. The molecule has 6 rings (SSSR count). The normalized spacial score (nSPS) is 16.5. The van der Waals surface area contributed by atoms with Crippen LogP contribution in [0.15, 0.2) is 36.4 Å². The second-order valence-corrected chi connectivity index (χ2v) is 10.6. The van der Waals surface area contributed by atoms with Crippen molar-refractivity contribution in [3.63, 3.8) is 0 Å². The fourth-order valence-corrected chi connectivity index (χ4v) is 5.69. The quantitative estimate of drug-likeness (QED) is 0.271. The summed E-state index contributed by atoms with van der Waals surface area (Å²) in [6.45, 7) is 9.17. The highest BCUT2D eigenvalue weighted by Gasteiger charge is 2.35. The van der Waals surface area contributed by atoms with Gasteiger partial charge >= 0.3 is 6.03 Å². The van der Waals surface area contributed by atoms with Crippen molar-refractivity contribution in [2.24, 2.45) is 0 Å². The number of hydrazine groups is 1. The monoisotopic (exact) mass is 637 g/mol. The van der Waals surface area contributed by atoms with E-state index in [-0.39, 0.29) is 49.0 Å². The Morgan fingerprint density at radius 3 is 2.43 bits per heavy atom. The van der Waals surface area contributed by atoms with Crippen molar-refractivity contribution in [3.8, 4) is 28.3 Å². The number of piperazine rings is 1. The van der Waals surface area contributed by atoms with Crippen LogP contribution in [0.5, 0.6) is 5.75 Å². The molecule has 3 N–H and O–H groups in total. The molecule has 10 nitrogen and oxygen atoms in total. The van der Waals surface area contributed by atoms with Gasteiger partial charge in [-0.15, -0.1) is 37.2 Å². The van der Waals surface area contributed by atoms with Crippen molar-refractivity contribution in [1.29, 1.82) is 0 Å². The number of ether oxygens (including phenoxy) is 1. The molecule has 13 heteroatoms. The number of nitrogens with one attached hydrogen (secondary N) is 3. The molecule has 2 aliphatic heterocycles. The highest BCUT2D eigenvalue weighted by atomic mass is 35.5. The first kappa shape index (κ1) is 33.6. The molecule has 0 atom stereocenters. The van der Waals surface area contributed by atoms with Gasteiger partial charge in [-0.1, -0.05) is 12.1 Å². The lowest BCUT2D eigenvalue weighted by molar-refractivity contribution is 0.104. The molecule has 3 aromatic rings. The van der Waals surface area contributed by atoms with E-state index in [0.717, 1.165) is 68.3 Å². The molecule has 0 unspecified atom stereocenters. The molecule has 42 heavy (non-hydrogen) atoms. The number of likely N-dealkylation sites (N-methyl/N-ethyl adjacent to an activating group) is 1. The van der Waals surface area contributed by atoms with Gasteiger partial charge in [0, 0.05) is 43.9 Å². The van der Waals surface area contributed by atoms with Gasteiger partial charge in [-0.2, -0.15) is 5.10 Å². The number of fused-ring (bicyclic) bond motifs is 3. The Balaban J connectivity index is 0.00000161. The SMILES string of the molecule is Cc1cc(OCCN2CCCC2)ccc1-c1[nH]nc2c1C(=O)c1c(NC(=O)NN3CCN(C)CC3)cccc1-2.Cl.Cl.Cl. The summed E-state index contributed by atoms with van der Waals surface area (Å²) in [6, 6.07) is 11.0. The number of rotatable bonds is 7. The lowest BCUT2D eigenvalue weighted by Crippen LogP contribution is -2.53. The first-order valence-electron chi connectivity index (χ1n) is 13.7. The molecule has 2 amide bonds. The van der Waals surface area contributed by atoms with Crippen LogP contribution in [0.4, 0.5) is 10.5 Å². The van der Waals surface area contributed by atoms with E-state index in [2.05, 4.69) is 37.8 Å². The third kappa shape index (κ3) is 6.85. The number of urea groups is 1. The number of anilines is 1. The van der Waals surface area contributed by atoms with Crippen LogP contribution >= 0.6 is 37.2 Å². The van der Waals surface area contributed by atoms with Crippen LogP contribution in [0.2, 0.25) is 0 Å². The summed E-state index contributed by atoms with van der Waals surface area (Å²) >= 11 is 0. The van der Waals surface area contributed by atoms with Crippen LogP contribution in [0, 0.1) is 6.92 Å². The van der Waals surface area contributed by atoms with Crippen LogP contribution in [0.25, 0.3) is 22.5 Å². The molecule has 0 bridgehead atoms. The van der Waals surface area contributed by atoms with E-state index in [1.165, 1.54) is 12.8 Å². The molecule has 0 radical (unpaired) electrons. The van der Waals surface area contributed by atoms with Gasteiger partial charge < -0.3 is 15.0 Å². The smallest absolute Gasteiger partial charge is 0.333 e. The van der Waals surface area contributed by atoms with Gasteiger partial charge in [0.1, 0.15) is 18.1 Å². The summed E-state index contributed by atoms with van der Waals surface area (Å²) in [6.07, 6.45) is 2.54. The molecule has 3 heterocycles. The summed E-state index contributed by atoms with van der Waals surface area (Å²) in [5.41, 5.74) is 8.28. The highest BCUT2D eigenvalue weighted by Crippen LogP contribution is 2.43. The Labute approximate surface area is 264 Å². The first-order chi connectivity index (χ1) is 19.0. The van der Waals surface area contributed by atoms with Gasteiger partial charge in [0.05, 0.1) is 22.5 Å². The zero-order valence-corrected chi connectivity index (χ0v) is 26.2. The number of carbonyl (C=O) groups excluding carboxylic acids is 2. The minimum absolute atomic E-state index is 0. The van der Waals surface area contributed by atoms with Gasteiger partial charge in [0.25, 0.3) is 0 Å². The predicted octanol–water partition coefficient (Wildman–Crippen LogP) is 4.62. The van der Waals surface area contributed by atoms with E-state index >= 15 is 0 Å². The second kappa shape index (κ2) is 14.5. The number of hydrogen-bond acceptors (Lipinski definition) is 7. The van der Waals surface area contributed by atoms with Crippen LogP contribution in [0.1, 0.15) is 34.3 Å². The van der Waals surface area contributed by atoms with E-state index in [9.17, 15) is 9.59 Å². The maximum atomic E-state index is 13.7. The Kier molecular flexibility index (Phi) is 11.7. The number of ketones is 1. The molecule has 0 saturated carbocycles. The zero-order valence-electron chi connectivity index (χ0n) is 23.8. The molecule has 1 aromatic heterocycles. The van der Waals surface area contributed by atoms with Crippen LogP contribution in [-0.4, -0.2) is 96.3 Å². The van der Waals surface area contributed by atoms with E-state index in [1.807, 2.05) is 42.3 Å².